The van der Waals surface area contributed by atoms with E-state index in [2.05, 4.69) is 66.8 Å². The second-order valence-electron chi connectivity index (χ2n) is 4.58. The van der Waals surface area contributed by atoms with E-state index in [1.165, 1.54) is 16.7 Å². The Hall–Kier alpha value is -1.60. The molecule has 0 unspecified atom stereocenters. The third-order valence-electron chi connectivity index (χ3n) is 3.15. The van der Waals surface area contributed by atoms with Crippen molar-refractivity contribution >= 4 is 0 Å². The van der Waals surface area contributed by atoms with Crippen LogP contribution in [0.25, 0.3) is 0 Å². The summed E-state index contributed by atoms with van der Waals surface area (Å²) in [7, 11) is 0. The molecule has 2 aromatic rings. The fourth-order valence-corrected chi connectivity index (χ4v) is 2.03. The second kappa shape index (κ2) is 6.97. The minimum atomic E-state index is 0.968. The molecule has 0 bridgehead atoms. The van der Waals surface area contributed by atoms with Crippen LogP contribution in [-0.4, -0.2) is 6.54 Å². The van der Waals surface area contributed by atoms with E-state index in [9.17, 15) is 0 Å². The monoisotopic (exact) mass is 239 g/mol. The van der Waals surface area contributed by atoms with Crippen LogP contribution < -0.4 is 5.32 Å². The molecular weight excluding hydrogens is 218 g/mol. The lowest BCUT2D eigenvalue weighted by atomic mass is 10.0. The molecule has 0 aromatic heterocycles. The van der Waals surface area contributed by atoms with Gasteiger partial charge in [-0.1, -0.05) is 61.5 Å². The maximum absolute atomic E-state index is 3.34. The van der Waals surface area contributed by atoms with Crippen molar-refractivity contribution in [1.82, 2.24) is 5.32 Å². The van der Waals surface area contributed by atoms with Crippen LogP contribution in [-0.2, 0) is 19.4 Å². The average molecular weight is 239 g/mol. The van der Waals surface area contributed by atoms with Gasteiger partial charge in [-0.15, -0.1) is 0 Å². The molecule has 0 atom stereocenters. The molecule has 1 N–H and O–H groups in total. The zero-order valence-corrected chi connectivity index (χ0v) is 11.0. The van der Waals surface area contributed by atoms with Crippen LogP contribution in [0.5, 0.6) is 0 Å². The molecule has 0 saturated carbocycles. The molecule has 0 aliphatic heterocycles. The van der Waals surface area contributed by atoms with Gasteiger partial charge in [0.25, 0.3) is 0 Å². The Bertz CT molecular complexity index is 445. The number of benzene rings is 2. The van der Waals surface area contributed by atoms with Crippen LogP contribution in [0.1, 0.15) is 23.6 Å². The molecule has 0 fully saturated rings. The summed E-state index contributed by atoms with van der Waals surface area (Å²) in [5, 5.41) is 3.34. The van der Waals surface area contributed by atoms with Gasteiger partial charge in [-0.05, 0) is 36.1 Å². The van der Waals surface area contributed by atoms with E-state index in [0.29, 0.717) is 0 Å². The zero-order chi connectivity index (χ0) is 12.6. The maximum Gasteiger partial charge on any atom is 0.0205 e. The lowest BCUT2D eigenvalue weighted by Crippen LogP contribution is -2.11. The molecule has 2 aromatic carbocycles. The van der Waals surface area contributed by atoms with E-state index < -0.39 is 0 Å². The maximum atomic E-state index is 3.34. The lowest BCUT2D eigenvalue weighted by molar-refractivity contribution is 0.726. The fraction of sp³-hybridized carbons (Fsp3) is 0.294. The van der Waals surface area contributed by atoms with Crippen molar-refractivity contribution < 1.29 is 0 Å². The molecule has 0 heterocycles. The molecule has 0 aliphatic rings. The van der Waals surface area contributed by atoms with E-state index in [1.807, 2.05) is 0 Å². The number of hydrogen-bond donors (Lipinski definition) is 1. The smallest absolute Gasteiger partial charge is 0.0205 e. The first kappa shape index (κ1) is 12.8. The van der Waals surface area contributed by atoms with Crippen molar-refractivity contribution in [1.29, 1.82) is 0 Å². The van der Waals surface area contributed by atoms with E-state index in [-0.39, 0.29) is 0 Å². The average Bonchev–Trinajstić information content (AvgIpc) is 2.45. The highest BCUT2D eigenvalue weighted by Crippen LogP contribution is 2.09. The SMILES string of the molecule is CCNCc1ccc(CCc2ccccc2)cc1. The van der Waals surface area contributed by atoms with Gasteiger partial charge in [0.1, 0.15) is 0 Å². The predicted octanol–water partition coefficient (Wildman–Crippen LogP) is 3.58. The van der Waals surface area contributed by atoms with Gasteiger partial charge < -0.3 is 5.32 Å². The van der Waals surface area contributed by atoms with Crippen molar-refractivity contribution in [2.75, 3.05) is 6.54 Å². The Balaban J connectivity index is 1.86. The van der Waals surface area contributed by atoms with Crippen molar-refractivity contribution in [3.05, 3.63) is 71.3 Å². The molecular formula is C17H21N. The lowest BCUT2D eigenvalue weighted by Gasteiger charge is -2.05. The van der Waals surface area contributed by atoms with Crippen LogP contribution in [0.4, 0.5) is 0 Å². The van der Waals surface area contributed by atoms with Crippen LogP contribution in [0.15, 0.2) is 54.6 Å². The Morgan fingerprint density at radius 2 is 1.28 bits per heavy atom. The second-order valence-corrected chi connectivity index (χ2v) is 4.58. The molecule has 0 aliphatic carbocycles. The Morgan fingerprint density at radius 1 is 0.722 bits per heavy atom. The van der Waals surface area contributed by atoms with E-state index in [4.69, 9.17) is 0 Å². The van der Waals surface area contributed by atoms with Crippen molar-refractivity contribution in [3.8, 4) is 0 Å². The first-order chi connectivity index (χ1) is 8.88. The van der Waals surface area contributed by atoms with Crippen LogP contribution in [0.2, 0.25) is 0 Å². The van der Waals surface area contributed by atoms with Gasteiger partial charge in [-0.3, -0.25) is 0 Å². The van der Waals surface area contributed by atoms with Crippen LogP contribution >= 0.6 is 0 Å². The summed E-state index contributed by atoms with van der Waals surface area (Å²) in [6.45, 7) is 4.12. The van der Waals surface area contributed by atoms with Gasteiger partial charge >= 0.3 is 0 Å². The predicted molar refractivity (Wildman–Crippen MR) is 77.7 cm³/mol. The quantitative estimate of drug-likeness (QED) is 0.812. The van der Waals surface area contributed by atoms with E-state index in [0.717, 1.165) is 25.9 Å². The van der Waals surface area contributed by atoms with Crippen molar-refractivity contribution in [2.24, 2.45) is 0 Å². The van der Waals surface area contributed by atoms with Gasteiger partial charge in [-0.25, -0.2) is 0 Å². The largest absolute Gasteiger partial charge is 0.313 e. The molecule has 0 saturated heterocycles. The molecule has 18 heavy (non-hydrogen) atoms. The van der Waals surface area contributed by atoms with Crippen LogP contribution in [0, 0.1) is 0 Å². The first-order valence-corrected chi connectivity index (χ1v) is 6.71. The molecule has 0 amide bonds. The topological polar surface area (TPSA) is 12.0 Å². The summed E-state index contributed by atoms with van der Waals surface area (Å²) < 4.78 is 0. The van der Waals surface area contributed by atoms with Gasteiger partial charge in [0, 0.05) is 6.54 Å². The number of hydrogen-bond acceptors (Lipinski definition) is 1. The summed E-state index contributed by atoms with van der Waals surface area (Å²) in [5.41, 5.74) is 4.19. The minimum Gasteiger partial charge on any atom is -0.313 e. The Morgan fingerprint density at radius 3 is 1.89 bits per heavy atom. The molecule has 94 valence electrons. The summed E-state index contributed by atoms with van der Waals surface area (Å²) in [5.74, 6) is 0. The summed E-state index contributed by atoms with van der Waals surface area (Å²) in [6.07, 6.45) is 2.24. The van der Waals surface area contributed by atoms with E-state index >= 15 is 0 Å². The highest BCUT2D eigenvalue weighted by Gasteiger charge is 1.96. The van der Waals surface area contributed by atoms with Gasteiger partial charge in [0.15, 0.2) is 0 Å². The molecule has 2 rings (SSSR count). The number of nitrogens with one attached hydrogen (secondary N) is 1. The number of aryl methyl sites for hydroxylation is 2. The Kier molecular flexibility index (Phi) is 4.98. The van der Waals surface area contributed by atoms with Crippen molar-refractivity contribution in [2.45, 2.75) is 26.3 Å². The third-order valence-corrected chi connectivity index (χ3v) is 3.15. The van der Waals surface area contributed by atoms with Crippen LogP contribution in [0.3, 0.4) is 0 Å². The normalized spacial score (nSPS) is 10.5. The third kappa shape index (κ3) is 4.01. The van der Waals surface area contributed by atoms with Gasteiger partial charge in [0.05, 0.1) is 0 Å². The summed E-state index contributed by atoms with van der Waals surface area (Å²) in [6, 6.07) is 19.6. The standard InChI is InChI=1S/C17H21N/c1-2-18-14-17-12-10-16(11-13-17)9-8-15-6-4-3-5-7-15/h3-7,10-13,18H,2,8-9,14H2,1H3. The molecule has 0 spiro atoms. The summed E-state index contributed by atoms with van der Waals surface area (Å²) in [4.78, 5) is 0. The molecule has 0 radical (unpaired) electrons. The van der Waals surface area contributed by atoms with Gasteiger partial charge in [-0.2, -0.15) is 0 Å². The highest BCUT2D eigenvalue weighted by molar-refractivity contribution is 5.24. The first-order valence-electron chi connectivity index (χ1n) is 6.71. The fourth-order valence-electron chi connectivity index (χ4n) is 2.03. The summed E-state index contributed by atoms with van der Waals surface area (Å²) >= 11 is 0. The van der Waals surface area contributed by atoms with E-state index in [1.54, 1.807) is 0 Å². The zero-order valence-electron chi connectivity index (χ0n) is 11.0. The minimum absolute atomic E-state index is 0.968. The molecule has 1 heteroatoms. The van der Waals surface area contributed by atoms with Crippen molar-refractivity contribution in [3.63, 3.8) is 0 Å². The highest BCUT2D eigenvalue weighted by atomic mass is 14.8. The van der Waals surface area contributed by atoms with Gasteiger partial charge in [0.2, 0.25) is 0 Å². The Labute approximate surface area is 110 Å². The number of rotatable bonds is 6. The molecule has 1 nitrogen and oxygen atoms in total.